The number of aromatic nitrogens is 2. The van der Waals surface area contributed by atoms with E-state index in [-0.39, 0.29) is 11.8 Å². The highest BCUT2D eigenvalue weighted by atomic mass is 16.7. The minimum absolute atomic E-state index is 0.110. The number of hydrogen-bond acceptors (Lipinski definition) is 8. The Kier molecular flexibility index (Phi) is 8.27. The van der Waals surface area contributed by atoms with Gasteiger partial charge in [-0.05, 0) is 23.5 Å². The first-order valence-corrected chi connectivity index (χ1v) is 10.9. The summed E-state index contributed by atoms with van der Waals surface area (Å²) in [6.45, 7) is 3.91. The summed E-state index contributed by atoms with van der Waals surface area (Å²) in [7, 11) is 0. The number of H-pyrrole nitrogens is 1. The standard InChI is InChI=1S/C22H32N4O7/c1-11(2)16-14(9-13-5-3-12(4-6-13)7-8-24-22(23)31)20(26-25-16)33-21-19(30)18(29)17(28)15(10-27)32-21/h3-6,11,15,17-19,21,27-30H,7-10H2,1-2H3,(H,25,26)(H3,23,24,31)/t15-,17-,18+,19-,21+/m1/s1. The van der Waals surface area contributed by atoms with Gasteiger partial charge in [-0.3, -0.25) is 5.10 Å². The Hall–Kier alpha value is -2.70. The van der Waals surface area contributed by atoms with Crippen LogP contribution < -0.4 is 15.8 Å². The number of amides is 2. The molecule has 2 amide bonds. The lowest BCUT2D eigenvalue weighted by Gasteiger charge is -2.39. The molecule has 1 aromatic carbocycles. The van der Waals surface area contributed by atoms with Gasteiger partial charge in [-0.25, -0.2) is 4.79 Å². The van der Waals surface area contributed by atoms with Gasteiger partial charge in [0.15, 0.2) is 0 Å². The maximum absolute atomic E-state index is 10.8. The number of nitrogens with zero attached hydrogens (tertiary/aromatic N) is 1. The van der Waals surface area contributed by atoms with Gasteiger partial charge in [0, 0.05) is 24.2 Å². The second-order valence-electron chi connectivity index (χ2n) is 8.43. The molecule has 0 aliphatic carbocycles. The van der Waals surface area contributed by atoms with Crippen molar-refractivity contribution in [2.45, 2.75) is 63.3 Å². The fourth-order valence-electron chi connectivity index (χ4n) is 3.74. The van der Waals surface area contributed by atoms with E-state index < -0.39 is 43.3 Å². The SMILES string of the molecule is CC(C)c1[nH]nc(O[C@@H]2O[C@H](CO)[C@@H](O)[C@H](O)[C@H]2O)c1Cc1ccc(CCNC(N)=O)cc1. The molecule has 2 aromatic rings. The number of nitrogens with two attached hydrogens (primary N) is 1. The van der Waals surface area contributed by atoms with Crippen molar-refractivity contribution < 1.29 is 34.7 Å². The first kappa shape index (κ1) is 24.9. The molecular formula is C22H32N4O7. The fraction of sp³-hybridized carbons (Fsp3) is 0.545. The van der Waals surface area contributed by atoms with Crippen LogP contribution in [-0.4, -0.2) is 80.5 Å². The number of primary amides is 1. The van der Waals surface area contributed by atoms with E-state index >= 15 is 0 Å². The van der Waals surface area contributed by atoms with E-state index in [0.717, 1.165) is 22.4 Å². The van der Waals surface area contributed by atoms with E-state index in [1.165, 1.54) is 0 Å². The van der Waals surface area contributed by atoms with Gasteiger partial charge in [-0.2, -0.15) is 0 Å². The molecule has 1 aromatic heterocycles. The number of carbonyl (C=O) groups excluding carboxylic acids is 1. The first-order valence-electron chi connectivity index (χ1n) is 10.9. The van der Waals surface area contributed by atoms with E-state index in [9.17, 15) is 25.2 Å². The Bertz CT molecular complexity index is 916. The van der Waals surface area contributed by atoms with E-state index in [0.29, 0.717) is 19.4 Å². The molecule has 182 valence electrons. The summed E-state index contributed by atoms with van der Waals surface area (Å²) < 4.78 is 11.3. The van der Waals surface area contributed by atoms with Crippen molar-refractivity contribution in [3.05, 3.63) is 46.6 Å². The molecule has 0 bridgehead atoms. The zero-order valence-electron chi connectivity index (χ0n) is 18.6. The van der Waals surface area contributed by atoms with E-state index in [1.54, 1.807) is 0 Å². The molecule has 0 radical (unpaired) electrons. The predicted octanol–water partition coefficient (Wildman–Crippen LogP) is -0.487. The van der Waals surface area contributed by atoms with Gasteiger partial charge >= 0.3 is 6.03 Å². The van der Waals surface area contributed by atoms with Gasteiger partial charge in [0.05, 0.1) is 6.61 Å². The summed E-state index contributed by atoms with van der Waals surface area (Å²) in [5, 5.41) is 49.5. The number of aromatic amines is 1. The molecule has 11 heteroatoms. The molecule has 5 atom stereocenters. The molecule has 0 unspecified atom stereocenters. The number of urea groups is 1. The summed E-state index contributed by atoms with van der Waals surface area (Å²) in [6.07, 6.45) is -5.78. The van der Waals surface area contributed by atoms with Crippen molar-refractivity contribution in [1.29, 1.82) is 0 Å². The predicted molar refractivity (Wildman–Crippen MR) is 118 cm³/mol. The molecule has 1 saturated heterocycles. The first-order chi connectivity index (χ1) is 15.7. The molecular weight excluding hydrogens is 432 g/mol. The van der Waals surface area contributed by atoms with E-state index in [4.69, 9.17) is 15.2 Å². The van der Waals surface area contributed by atoms with Gasteiger partial charge in [-0.1, -0.05) is 38.1 Å². The summed E-state index contributed by atoms with van der Waals surface area (Å²) >= 11 is 0. The number of hydrogen-bond donors (Lipinski definition) is 7. The van der Waals surface area contributed by atoms with Crippen LogP contribution in [0.2, 0.25) is 0 Å². The molecule has 8 N–H and O–H groups in total. The van der Waals surface area contributed by atoms with Crippen LogP contribution in [0.4, 0.5) is 4.79 Å². The normalized spacial score (nSPS) is 25.2. The fourth-order valence-corrected chi connectivity index (χ4v) is 3.74. The zero-order valence-corrected chi connectivity index (χ0v) is 18.6. The summed E-state index contributed by atoms with van der Waals surface area (Å²) in [5.74, 6) is 0.316. The van der Waals surface area contributed by atoms with Crippen LogP contribution in [0.25, 0.3) is 0 Å². The maximum Gasteiger partial charge on any atom is 0.312 e. The second kappa shape index (κ2) is 10.9. The quantitative estimate of drug-likeness (QED) is 0.259. The highest BCUT2D eigenvalue weighted by Crippen LogP contribution is 2.31. The summed E-state index contributed by atoms with van der Waals surface area (Å²) in [4.78, 5) is 10.8. The average Bonchev–Trinajstić information content (AvgIpc) is 3.17. The number of aliphatic hydroxyl groups is 4. The Morgan fingerprint density at radius 2 is 1.85 bits per heavy atom. The van der Waals surface area contributed by atoms with Gasteiger partial charge in [0.25, 0.3) is 0 Å². The summed E-state index contributed by atoms with van der Waals surface area (Å²) in [5.41, 5.74) is 8.73. The van der Waals surface area contributed by atoms with E-state index in [2.05, 4.69) is 15.5 Å². The monoisotopic (exact) mass is 464 g/mol. The Labute approximate surface area is 191 Å². The van der Waals surface area contributed by atoms with Crippen LogP contribution in [0.15, 0.2) is 24.3 Å². The van der Waals surface area contributed by atoms with Crippen LogP contribution in [-0.2, 0) is 17.6 Å². The van der Waals surface area contributed by atoms with Crippen LogP contribution in [0.1, 0.15) is 42.1 Å². The number of carbonyl (C=O) groups is 1. The van der Waals surface area contributed by atoms with Crippen LogP contribution >= 0.6 is 0 Å². The average molecular weight is 465 g/mol. The number of aliphatic hydroxyl groups excluding tert-OH is 4. The van der Waals surface area contributed by atoms with Gasteiger partial charge in [0.2, 0.25) is 12.2 Å². The van der Waals surface area contributed by atoms with Crippen LogP contribution in [0.5, 0.6) is 5.88 Å². The third kappa shape index (κ3) is 6.01. The van der Waals surface area contributed by atoms with Crippen molar-refractivity contribution in [3.8, 4) is 5.88 Å². The summed E-state index contributed by atoms with van der Waals surface area (Å²) in [6, 6.07) is 7.30. The Morgan fingerprint density at radius 1 is 1.18 bits per heavy atom. The number of benzene rings is 1. The van der Waals surface area contributed by atoms with Crippen molar-refractivity contribution in [1.82, 2.24) is 15.5 Å². The molecule has 33 heavy (non-hydrogen) atoms. The second-order valence-corrected chi connectivity index (χ2v) is 8.43. The largest absolute Gasteiger partial charge is 0.443 e. The molecule has 2 heterocycles. The minimum atomic E-state index is -1.54. The minimum Gasteiger partial charge on any atom is -0.443 e. The molecule has 1 fully saturated rings. The Balaban J connectivity index is 1.76. The number of rotatable bonds is 9. The van der Waals surface area contributed by atoms with Crippen molar-refractivity contribution in [2.75, 3.05) is 13.2 Å². The van der Waals surface area contributed by atoms with E-state index in [1.807, 2.05) is 38.1 Å². The molecule has 11 nitrogen and oxygen atoms in total. The van der Waals surface area contributed by atoms with Gasteiger partial charge < -0.3 is 41.0 Å². The highest BCUT2D eigenvalue weighted by Gasteiger charge is 2.45. The van der Waals surface area contributed by atoms with Crippen LogP contribution in [0.3, 0.4) is 0 Å². The lowest BCUT2D eigenvalue weighted by Crippen LogP contribution is -2.60. The van der Waals surface area contributed by atoms with Crippen LogP contribution in [0, 0.1) is 0 Å². The lowest BCUT2D eigenvalue weighted by molar-refractivity contribution is -0.278. The maximum atomic E-state index is 10.8. The van der Waals surface area contributed by atoms with Crippen molar-refractivity contribution >= 4 is 6.03 Å². The van der Waals surface area contributed by atoms with Crippen molar-refractivity contribution in [3.63, 3.8) is 0 Å². The van der Waals surface area contributed by atoms with Gasteiger partial charge in [-0.15, -0.1) is 5.10 Å². The number of nitrogens with one attached hydrogen (secondary N) is 2. The molecule has 0 saturated carbocycles. The Morgan fingerprint density at radius 3 is 2.45 bits per heavy atom. The van der Waals surface area contributed by atoms with Gasteiger partial charge in [0.1, 0.15) is 24.4 Å². The smallest absolute Gasteiger partial charge is 0.312 e. The molecule has 0 spiro atoms. The van der Waals surface area contributed by atoms with Crippen molar-refractivity contribution in [2.24, 2.45) is 5.73 Å². The molecule has 1 aliphatic heterocycles. The lowest BCUT2D eigenvalue weighted by atomic mass is 9.98. The highest BCUT2D eigenvalue weighted by molar-refractivity contribution is 5.71. The molecule has 1 aliphatic rings. The molecule has 3 rings (SSSR count). The number of ether oxygens (including phenoxy) is 2. The topological polar surface area (TPSA) is 183 Å². The third-order valence-corrected chi connectivity index (χ3v) is 5.63. The zero-order chi connectivity index (χ0) is 24.1. The third-order valence-electron chi connectivity index (χ3n) is 5.63.